The van der Waals surface area contributed by atoms with Gasteiger partial charge in [-0.05, 0) is 71.3 Å². The summed E-state index contributed by atoms with van der Waals surface area (Å²) in [5.74, 6) is 2.88. The van der Waals surface area contributed by atoms with E-state index in [9.17, 15) is 10.2 Å². The highest BCUT2D eigenvalue weighted by molar-refractivity contribution is 8.03. The summed E-state index contributed by atoms with van der Waals surface area (Å²) in [5.41, 5.74) is 7.62. The van der Waals surface area contributed by atoms with E-state index in [1.165, 1.54) is 125 Å². The van der Waals surface area contributed by atoms with Gasteiger partial charge >= 0.3 is 0 Å². The first-order chi connectivity index (χ1) is 22.6. The zero-order chi connectivity index (χ0) is 34.7. The van der Waals surface area contributed by atoms with Crippen molar-refractivity contribution in [2.75, 3.05) is 0 Å². The van der Waals surface area contributed by atoms with Crippen LogP contribution in [0.15, 0.2) is 24.3 Å². The van der Waals surface area contributed by atoms with Gasteiger partial charge < -0.3 is 10.2 Å². The summed E-state index contributed by atoms with van der Waals surface area (Å²) < 4.78 is 0. The Bertz CT molecular complexity index is 1260. The van der Waals surface area contributed by atoms with E-state index in [0.29, 0.717) is 22.0 Å². The molecule has 2 N–H and O–H groups in total. The molecule has 0 spiro atoms. The van der Waals surface area contributed by atoms with Crippen LogP contribution < -0.4 is 0 Å². The van der Waals surface area contributed by atoms with Crippen molar-refractivity contribution in [3.8, 4) is 11.5 Å². The molecule has 0 amide bonds. The second-order valence-corrected chi connectivity index (χ2v) is 21.0. The van der Waals surface area contributed by atoms with Gasteiger partial charge in [0.15, 0.2) is 0 Å². The topological polar surface area (TPSA) is 40.5 Å². The summed E-state index contributed by atoms with van der Waals surface area (Å²) in [4.78, 5) is 0. The van der Waals surface area contributed by atoms with Gasteiger partial charge in [0.05, 0.1) is 0 Å². The van der Waals surface area contributed by atoms with Crippen LogP contribution in [0.2, 0.25) is 0 Å². The van der Waals surface area contributed by atoms with Gasteiger partial charge in [0.1, 0.15) is 11.5 Å². The summed E-state index contributed by atoms with van der Waals surface area (Å²) in [7, 11) is 0. The van der Waals surface area contributed by atoms with E-state index in [1.807, 2.05) is 0 Å². The van der Waals surface area contributed by atoms with Crippen molar-refractivity contribution in [2.45, 2.75) is 202 Å². The Morgan fingerprint density at radius 1 is 0.542 bits per heavy atom. The first-order valence-corrected chi connectivity index (χ1v) is 21.7. The Kier molecular flexibility index (Phi) is 12.3. The molecule has 2 aromatic rings. The first kappa shape index (κ1) is 38.0. The molecular weight excluding hydrogens is 625 g/mol. The molecule has 0 radical (unpaired) electrons. The van der Waals surface area contributed by atoms with Crippen molar-refractivity contribution >= 4 is 23.5 Å². The normalized spacial score (nSPS) is 23.8. The molecule has 3 aliphatic carbocycles. The van der Waals surface area contributed by atoms with E-state index in [0.717, 1.165) is 22.6 Å². The van der Waals surface area contributed by atoms with E-state index in [1.54, 1.807) is 0 Å². The van der Waals surface area contributed by atoms with Crippen molar-refractivity contribution < 1.29 is 10.2 Å². The number of aromatic hydroxyl groups is 2. The van der Waals surface area contributed by atoms with Crippen LogP contribution in [0.5, 0.6) is 11.5 Å². The molecular formula is C44H68O2S2. The Hall–Kier alpha value is -1.26. The van der Waals surface area contributed by atoms with E-state index < -0.39 is 0 Å². The Labute approximate surface area is 303 Å². The largest absolute Gasteiger partial charge is 0.507 e. The van der Waals surface area contributed by atoms with Gasteiger partial charge in [-0.15, -0.1) is 0 Å². The first-order valence-electron chi connectivity index (χ1n) is 19.6. The third kappa shape index (κ3) is 8.96. The van der Waals surface area contributed by atoms with Gasteiger partial charge in [-0.3, -0.25) is 0 Å². The van der Waals surface area contributed by atoms with Crippen LogP contribution in [0.25, 0.3) is 0 Å². The number of rotatable bonds is 8. The molecule has 2 unspecified atom stereocenters. The van der Waals surface area contributed by atoms with Gasteiger partial charge in [-0.2, -0.15) is 23.5 Å². The number of benzene rings is 2. The van der Waals surface area contributed by atoms with Crippen LogP contribution in [0.1, 0.15) is 192 Å². The maximum atomic E-state index is 11.9. The van der Waals surface area contributed by atoms with Gasteiger partial charge in [-0.1, -0.05) is 144 Å². The molecule has 5 rings (SSSR count). The average Bonchev–Trinajstić information content (AvgIpc) is 3.01. The lowest BCUT2D eigenvalue weighted by molar-refractivity contribution is 0.307. The van der Waals surface area contributed by atoms with Gasteiger partial charge in [0, 0.05) is 44.3 Å². The lowest BCUT2D eigenvalue weighted by Gasteiger charge is -2.37. The molecule has 48 heavy (non-hydrogen) atoms. The predicted octanol–water partition coefficient (Wildman–Crippen LogP) is 13.4. The van der Waals surface area contributed by atoms with Crippen LogP contribution in [-0.2, 0) is 33.2 Å². The van der Waals surface area contributed by atoms with Crippen LogP contribution in [0.4, 0.5) is 0 Å². The number of phenols is 2. The summed E-state index contributed by atoms with van der Waals surface area (Å²) >= 11 is 4.20. The predicted molar refractivity (Wildman–Crippen MR) is 212 cm³/mol. The standard InChI is InChI=1S/C44H68O2S2/c1-41(2,3)33-25-31(39(45)35(27-33)43(7)21-15-11-16-22-43)29-47-37-19-13-9-10-14-20-38(37)48-30-32-26-34(42(4,5)6)28-36(40(32)46)44(8)23-17-12-18-24-44/h25-28,37-38,45-46H,9-24,29-30H2,1-8H3. The SMILES string of the molecule is CC(C)(C)c1cc(CSC2CCCCCCC2SCc2cc(C(C)(C)C)cc(C3(C)CCCCC3)c2O)c(O)c(C2(C)CCCCC2)c1. The lowest BCUT2D eigenvalue weighted by atomic mass is 9.69. The fraction of sp³-hybridized carbons (Fsp3) is 0.727. The highest BCUT2D eigenvalue weighted by Gasteiger charge is 2.36. The third-order valence-corrected chi connectivity index (χ3v) is 15.5. The molecule has 0 aliphatic heterocycles. The van der Waals surface area contributed by atoms with Crippen molar-refractivity contribution in [3.63, 3.8) is 0 Å². The van der Waals surface area contributed by atoms with Crippen LogP contribution in [0.3, 0.4) is 0 Å². The molecule has 268 valence electrons. The molecule has 4 heteroatoms. The zero-order valence-corrected chi connectivity index (χ0v) is 33.5. The Morgan fingerprint density at radius 2 is 0.875 bits per heavy atom. The van der Waals surface area contributed by atoms with E-state index >= 15 is 0 Å². The minimum atomic E-state index is 0.0443. The monoisotopic (exact) mass is 692 g/mol. The smallest absolute Gasteiger partial charge is 0.123 e. The van der Waals surface area contributed by atoms with Crippen LogP contribution >= 0.6 is 23.5 Å². The quantitative estimate of drug-likeness (QED) is 0.289. The molecule has 3 aliphatic rings. The number of hydrogen-bond acceptors (Lipinski definition) is 4. The summed E-state index contributed by atoms with van der Waals surface area (Å²) in [5, 5.41) is 24.8. The number of thioether (sulfide) groups is 2. The van der Waals surface area contributed by atoms with Crippen molar-refractivity contribution in [1.29, 1.82) is 0 Å². The summed E-state index contributed by atoms with van der Waals surface area (Å²) in [6.07, 6.45) is 20.1. The van der Waals surface area contributed by atoms with E-state index in [-0.39, 0.29) is 21.7 Å². The maximum absolute atomic E-state index is 11.9. The maximum Gasteiger partial charge on any atom is 0.123 e. The molecule has 0 saturated heterocycles. The second-order valence-electron chi connectivity index (χ2n) is 18.5. The lowest BCUT2D eigenvalue weighted by Crippen LogP contribution is -2.27. The molecule has 3 fully saturated rings. The molecule has 2 nitrogen and oxygen atoms in total. The number of hydrogen-bond donors (Lipinski definition) is 2. The summed E-state index contributed by atoms with van der Waals surface area (Å²) in [6, 6.07) is 9.35. The van der Waals surface area contributed by atoms with Crippen molar-refractivity contribution in [3.05, 3.63) is 57.6 Å². The highest BCUT2D eigenvalue weighted by atomic mass is 32.2. The minimum absolute atomic E-state index is 0.0443. The van der Waals surface area contributed by atoms with Crippen LogP contribution in [0, 0.1) is 0 Å². The molecule has 3 saturated carbocycles. The summed E-state index contributed by atoms with van der Waals surface area (Å²) in [6.45, 7) is 18.7. The molecule has 0 heterocycles. The molecule has 0 bridgehead atoms. The Balaban J connectivity index is 1.40. The average molecular weight is 693 g/mol. The highest BCUT2D eigenvalue weighted by Crippen LogP contribution is 2.49. The number of phenolic OH excluding ortho intramolecular Hbond substituents is 2. The molecule has 2 aromatic carbocycles. The Morgan fingerprint density at radius 3 is 1.21 bits per heavy atom. The van der Waals surface area contributed by atoms with E-state index in [2.05, 4.69) is 103 Å². The third-order valence-electron chi connectivity index (χ3n) is 12.4. The van der Waals surface area contributed by atoms with Gasteiger partial charge in [0.2, 0.25) is 0 Å². The minimum Gasteiger partial charge on any atom is -0.507 e. The second kappa shape index (κ2) is 15.5. The fourth-order valence-electron chi connectivity index (χ4n) is 8.79. The molecule has 2 atom stereocenters. The van der Waals surface area contributed by atoms with Crippen LogP contribution in [-0.4, -0.2) is 20.7 Å². The van der Waals surface area contributed by atoms with Gasteiger partial charge in [0.25, 0.3) is 0 Å². The van der Waals surface area contributed by atoms with Gasteiger partial charge in [-0.25, -0.2) is 0 Å². The fourth-order valence-corrected chi connectivity index (χ4v) is 11.9. The van der Waals surface area contributed by atoms with Crippen molar-refractivity contribution in [1.82, 2.24) is 0 Å². The van der Waals surface area contributed by atoms with Crippen molar-refractivity contribution in [2.24, 2.45) is 0 Å². The molecule has 0 aromatic heterocycles. The zero-order valence-electron chi connectivity index (χ0n) is 31.9. The van der Waals surface area contributed by atoms with E-state index in [4.69, 9.17) is 0 Å².